The fourth-order valence-electron chi connectivity index (χ4n) is 3.81. The van der Waals surface area contributed by atoms with E-state index in [0.717, 1.165) is 12.3 Å². The van der Waals surface area contributed by atoms with E-state index >= 15 is 0 Å². The van der Waals surface area contributed by atoms with Crippen LogP contribution >= 0.6 is 0 Å². The molecule has 1 fully saturated rings. The van der Waals surface area contributed by atoms with Crippen molar-refractivity contribution in [2.24, 2.45) is 11.5 Å². The Hall–Kier alpha value is -4.41. The molecule has 3 amide bonds. The van der Waals surface area contributed by atoms with Crippen LogP contribution < -0.4 is 33.3 Å². The van der Waals surface area contributed by atoms with Crippen LogP contribution in [0, 0.1) is 0 Å². The zero-order valence-corrected chi connectivity index (χ0v) is 21.4. The number of carboxylic acids is 2. The minimum atomic E-state index is -2.14. The molecule has 9 unspecified atom stereocenters. The van der Waals surface area contributed by atoms with Crippen molar-refractivity contribution in [3.05, 3.63) is 33.1 Å². The Kier molecular flexibility index (Phi) is 11.6. The molecule has 13 N–H and O–H groups in total. The summed E-state index contributed by atoms with van der Waals surface area (Å²) in [5.74, 6) is -5.88. The molecule has 1 aliphatic heterocycles. The van der Waals surface area contributed by atoms with E-state index in [1.807, 2.05) is 15.6 Å². The van der Waals surface area contributed by atoms with Crippen molar-refractivity contribution in [1.82, 2.24) is 20.2 Å². The van der Waals surface area contributed by atoms with Crippen LogP contribution in [-0.2, 0) is 28.7 Å². The Morgan fingerprint density at radius 3 is 2.26 bits per heavy atom. The summed E-state index contributed by atoms with van der Waals surface area (Å²) >= 11 is 0. The van der Waals surface area contributed by atoms with Gasteiger partial charge in [-0.25, -0.2) is 14.4 Å². The molecule has 0 spiro atoms. The predicted octanol–water partition coefficient (Wildman–Crippen LogP) is -6.78. The number of nitrogens with zero attached hydrogens (tertiary/aromatic N) is 1. The largest absolute Gasteiger partial charge is 0.481 e. The monoisotopic (exact) mass is 606 g/mol. The average Bonchev–Trinajstić information content (AvgIpc) is 3.20. The predicted molar refractivity (Wildman–Crippen MR) is 131 cm³/mol. The first kappa shape index (κ1) is 33.8. The third-order valence-corrected chi connectivity index (χ3v) is 6.03. The van der Waals surface area contributed by atoms with Crippen LogP contribution in [0.25, 0.3) is 0 Å². The molecule has 0 aliphatic carbocycles. The lowest BCUT2D eigenvalue weighted by Gasteiger charge is -2.29. The number of primary amides is 1. The van der Waals surface area contributed by atoms with Gasteiger partial charge in [-0.15, -0.1) is 0 Å². The van der Waals surface area contributed by atoms with Gasteiger partial charge in [0.2, 0.25) is 11.8 Å². The van der Waals surface area contributed by atoms with Gasteiger partial charge in [-0.1, -0.05) is 0 Å². The van der Waals surface area contributed by atoms with Crippen molar-refractivity contribution in [3.63, 3.8) is 0 Å². The molecule has 234 valence electrons. The van der Waals surface area contributed by atoms with Gasteiger partial charge in [0, 0.05) is 18.7 Å². The van der Waals surface area contributed by atoms with Gasteiger partial charge in [-0.05, 0) is 6.42 Å². The van der Waals surface area contributed by atoms with Gasteiger partial charge in [0.15, 0.2) is 6.23 Å². The zero-order chi connectivity index (χ0) is 31.9. The minimum Gasteiger partial charge on any atom is -0.481 e. The van der Waals surface area contributed by atoms with Crippen molar-refractivity contribution in [3.8, 4) is 0 Å². The second-order valence-corrected chi connectivity index (χ2v) is 9.02. The third kappa shape index (κ3) is 8.55. The summed E-state index contributed by atoms with van der Waals surface area (Å²) in [5.41, 5.74) is 8.49. The van der Waals surface area contributed by atoms with Gasteiger partial charge in [0.1, 0.15) is 55.3 Å². The number of carboxylic acid groups (broad SMARTS) is 2. The first-order valence-corrected chi connectivity index (χ1v) is 12.0. The molecule has 0 bridgehead atoms. The number of hydrogen-bond donors (Lipinski definition) is 11. The van der Waals surface area contributed by atoms with Crippen LogP contribution in [0.2, 0.25) is 0 Å². The lowest BCUT2D eigenvalue weighted by atomic mass is 10.00. The number of nitrogens with one attached hydrogen (secondary N) is 3. The van der Waals surface area contributed by atoms with Gasteiger partial charge in [0.25, 0.3) is 5.56 Å². The first-order chi connectivity index (χ1) is 19.5. The van der Waals surface area contributed by atoms with E-state index in [9.17, 15) is 59.1 Å². The lowest BCUT2D eigenvalue weighted by Crippen LogP contribution is -2.63. The van der Waals surface area contributed by atoms with Gasteiger partial charge in [0.05, 0.1) is 0 Å². The molecule has 9 atom stereocenters. The van der Waals surface area contributed by atoms with Crippen molar-refractivity contribution in [1.29, 1.82) is 0 Å². The van der Waals surface area contributed by atoms with E-state index in [2.05, 4.69) is 4.74 Å². The molecule has 21 heteroatoms. The summed E-state index contributed by atoms with van der Waals surface area (Å²) in [6.45, 7) is -0.891. The van der Waals surface area contributed by atoms with E-state index in [0.29, 0.717) is 4.57 Å². The number of carbonyl (C=O) groups excluding carboxylic acids is 3. The number of aliphatic hydroxyl groups is 4. The van der Waals surface area contributed by atoms with Gasteiger partial charge >= 0.3 is 23.7 Å². The van der Waals surface area contributed by atoms with Gasteiger partial charge in [-0.3, -0.25) is 28.7 Å². The number of ether oxygens (including phenoxy) is 2. The molecule has 0 saturated carbocycles. The molecule has 1 aromatic rings. The van der Waals surface area contributed by atoms with Crippen molar-refractivity contribution >= 4 is 29.8 Å². The highest BCUT2D eigenvalue weighted by Gasteiger charge is 2.50. The van der Waals surface area contributed by atoms with Crippen LogP contribution in [0.1, 0.15) is 19.1 Å². The number of aliphatic carboxylic acids is 2. The molecular formula is C21H30N6O15. The second-order valence-electron chi connectivity index (χ2n) is 9.02. The Morgan fingerprint density at radius 1 is 1.07 bits per heavy atom. The third-order valence-electron chi connectivity index (χ3n) is 6.03. The van der Waals surface area contributed by atoms with E-state index in [1.54, 1.807) is 0 Å². The van der Waals surface area contributed by atoms with E-state index in [1.165, 1.54) is 0 Å². The molecule has 0 radical (unpaired) electrons. The lowest BCUT2D eigenvalue weighted by molar-refractivity contribution is -0.145. The number of aliphatic hydroxyl groups excluding tert-OH is 4. The molecule has 1 saturated heterocycles. The maximum absolute atomic E-state index is 13.2. The van der Waals surface area contributed by atoms with Crippen LogP contribution in [0.3, 0.4) is 0 Å². The summed E-state index contributed by atoms with van der Waals surface area (Å²) < 4.78 is 10.4. The minimum absolute atomic E-state index is 0.618. The van der Waals surface area contributed by atoms with Crippen molar-refractivity contribution < 1.29 is 64.1 Å². The van der Waals surface area contributed by atoms with Crippen LogP contribution in [0.4, 0.5) is 4.79 Å². The second kappa shape index (κ2) is 14.5. The Labute approximate surface area is 233 Å². The molecule has 2 rings (SSSR count). The summed E-state index contributed by atoms with van der Waals surface area (Å²) in [5, 5.41) is 63.5. The maximum atomic E-state index is 13.2. The van der Waals surface area contributed by atoms with Crippen LogP contribution in [-0.4, -0.2) is 125 Å². The topological polar surface area (TPSA) is 356 Å². The standard InChI is InChI=1S/C21H30N6O15/c22-10(12(32)7(28)5-41-20(23)39)16(35)26-11(17(36)24-6(19(37)38)1-2-9(30)31)15-13(33)14(34)18(42-15)27-4-3-8(29)25-21(27)40/h3-4,6-7,10-15,18,28,32-34H,1-2,5,22H2,(H2,23,39)(H,24,36)(H,26,35)(H,30,31)(H,37,38)(H,25,29,40). The zero-order valence-electron chi connectivity index (χ0n) is 21.4. The van der Waals surface area contributed by atoms with Crippen LogP contribution in [0.5, 0.6) is 0 Å². The van der Waals surface area contributed by atoms with E-state index in [4.69, 9.17) is 21.3 Å². The normalized spacial score (nSPS) is 23.5. The summed E-state index contributed by atoms with van der Waals surface area (Å²) in [6.07, 6.45) is -13.6. The van der Waals surface area contributed by atoms with E-state index in [-0.39, 0.29) is 0 Å². The SMILES string of the molecule is NC(=O)OCC(O)C(O)C(N)C(=O)NC(C(=O)NC(CCC(=O)O)C(=O)O)C1OC(n2ccc(=O)[nH]c2=O)C(O)C1O. The number of amides is 3. The number of rotatable bonds is 14. The maximum Gasteiger partial charge on any atom is 0.404 e. The molecule has 0 aromatic carbocycles. The molecule has 1 aromatic heterocycles. The highest BCUT2D eigenvalue weighted by Crippen LogP contribution is 2.30. The molecule has 1 aliphatic rings. The Balaban J connectivity index is 2.38. The highest BCUT2D eigenvalue weighted by molar-refractivity contribution is 5.92. The highest BCUT2D eigenvalue weighted by atomic mass is 16.6. The molecule has 2 heterocycles. The fourth-order valence-corrected chi connectivity index (χ4v) is 3.81. The number of nitrogens with two attached hydrogens (primary N) is 2. The van der Waals surface area contributed by atoms with Crippen molar-refractivity contribution in [2.45, 2.75) is 67.7 Å². The van der Waals surface area contributed by atoms with Crippen LogP contribution in [0.15, 0.2) is 21.9 Å². The number of hydrogen-bond acceptors (Lipinski definition) is 14. The summed E-state index contributed by atoms with van der Waals surface area (Å²) in [4.78, 5) is 84.7. The Bertz CT molecular complexity index is 1280. The number of aromatic amines is 1. The summed E-state index contributed by atoms with van der Waals surface area (Å²) in [6, 6.07) is -5.15. The van der Waals surface area contributed by atoms with Gasteiger partial charge in [-0.2, -0.15) is 0 Å². The fraction of sp³-hybridized carbons (Fsp3) is 0.571. The summed E-state index contributed by atoms with van der Waals surface area (Å²) in [7, 11) is 0. The number of carbonyl (C=O) groups is 5. The number of aromatic nitrogens is 2. The first-order valence-electron chi connectivity index (χ1n) is 12.0. The number of H-pyrrole nitrogens is 1. The molecule has 42 heavy (non-hydrogen) atoms. The molecule has 21 nitrogen and oxygen atoms in total. The van der Waals surface area contributed by atoms with Crippen molar-refractivity contribution in [2.75, 3.05) is 6.61 Å². The molecular weight excluding hydrogens is 576 g/mol. The Morgan fingerprint density at radius 2 is 1.71 bits per heavy atom. The smallest absolute Gasteiger partial charge is 0.404 e. The van der Waals surface area contributed by atoms with E-state index < -0.39 is 115 Å². The quantitative estimate of drug-likeness (QED) is 0.0936. The average molecular weight is 606 g/mol. The van der Waals surface area contributed by atoms with Gasteiger partial charge < -0.3 is 62.2 Å².